The van der Waals surface area contributed by atoms with E-state index in [0.717, 1.165) is 17.9 Å². The Morgan fingerprint density at radius 3 is 2.14 bits per heavy atom. The van der Waals surface area contributed by atoms with E-state index >= 15 is 0 Å². The Labute approximate surface area is 141 Å². The van der Waals surface area contributed by atoms with E-state index in [1.807, 2.05) is 18.2 Å². The summed E-state index contributed by atoms with van der Waals surface area (Å²) in [5, 5.41) is 2.98. The molecule has 0 unspecified atom stereocenters. The van der Waals surface area contributed by atoms with Gasteiger partial charge in [-0.15, -0.1) is 12.6 Å². The van der Waals surface area contributed by atoms with Gasteiger partial charge in [-0.1, -0.05) is 70.8 Å². The minimum atomic E-state index is 0.00632. The highest BCUT2D eigenvalue weighted by Gasteiger charge is 2.04. The number of rotatable bonds is 12. The van der Waals surface area contributed by atoms with Gasteiger partial charge < -0.3 is 5.32 Å². The normalized spacial score (nSPS) is 10.6. The van der Waals surface area contributed by atoms with Crippen molar-refractivity contribution in [1.29, 1.82) is 0 Å². The molecule has 0 bridgehead atoms. The van der Waals surface area contributed by atoms with Gasteiger partial charge in [0, 0.05) is 17.0 Å². The second-order valence-electron chi connectivity index (χ2n) is 5.99. The Morgan fingerprint density at radius 2 is 1.55 bits per heavy atom. The number of hydrogen-bond acceptors (Lipinski definition) is 2. The molecule has 0 spiro atoms. The molecule has 1 rings (SSSR count). The summed E-state index contributed by atoms with van der Waals surface area (Å²) in [4.78, 5) is 12.7. The van der Waals surface area contributed by atoms with Crippen LogP contribution < -0.4 is 5.32 Å². The van der Waals surface area contributed by atoms with E-state index in [1.54, 1.807) is 6.07 Å². The van der Waals surface area contributed by atoms with Crippen LogP contribution in [0.2, 0.25) is 0 Å². The van der Waals surface area contributed by atoms with E-state index in [-0.39, 0.29) is 5.91 Å². The molecular formula is C19H31NOS. The molecule has 1 aromatic carbocycles. The van der Waals surface area contributed by atoms with Crippen molar-refractivity contribution >= 4 is 18.5 Å². The van der Waals surface area contributed by atoms with Crippen molar-refractivity contribution in [3.05, 3.63) is 29.8 Å². The maximum absolute atomic E-state index is 11.9. The SMILES string of the molecule is CCCCCCCCCCCCNC(=O)c1cccc(S)c1. The van der Waals surface area contributed by atoms with E-state index in [2.05, 4.69) is 24.9 Å². The summed E-state index contributed by atoms with van der Waals surface area (Å²) >= 11 is 4.25. The molecule has 0 fully saturated rings. The van der Waals surface area contributed by atoms with E-state index < -0.39 is 0 Å². The van der Waals surface area contributed by atoms with Crippen molar-refractivity contribution in [1.82, 2.24) is 5.32 Å². The van der Waals surface area contributed by atoms with Gasteiger partial charge >= 0.3 is 0 Å². The number of hydrogen-bond donors (Lipinski definition) is 2. The maximum atomic E-state index is 11.9. The largest absolute Gasteiger partial charge is 0.352 e. The van der Waals surface area contributed by atoms with Gasteiger partial charge in [-0.2, -0.15) is 0 Å². The summed E-state index contributed by atoms with van der Waals surface area (Å²) in [5.74, 6) is 0.00632. The monoisotopic (exact) mass is 321 g/mol. The number of carbonyl (C=O) groups is 1. The fourth-order valence-corrected chi connectivity index (χ4v) is 2.79. The van der Waals surface area contributed by atoms with Crippen molar-refractivity contribution < 1.29 is 4.79 Å². The minimum absolute atomic E-state index is 0.00632. The van der Waals surface area contributed by atoms with Crippen LogP contribution in [-0.4, -0.2) is 12.5 Å². The molecule has 0 atom stereocenters. The lowest BCUT2D eigenvalue weighted by Crippen LogP contribution is -2.24. The first kappa shape index (κ1) is 19.1. The van der Waals surface area contributed by atoms with Gasteiger partial charge in [-0.3, -0.25) is 4.79 Å². The van der Waals surface area contributed by atoms with Crippen LogP contribution in [-0.2, 0) is 0 Å². The molecule has 0 aliphatic heterocycles. The topological polar surface area (TPSA) is 29.1 Å². The third-order valence-corrected chi connectivity index (χ3v) is 4.20. The van der Waals surface area contributed by atoms with Gasteiger partial charge in [0.15, 0.2) is 0 Å². The average molecular weight is 322 g/mol. The molecular weight excluding hydrogens is 290 g/mol. The quantitative estimate of drug-likeness (QED) is 0.379. The molecule has 1 N–H and O–H groups in total. The zero-order valence-corrected chi connectivity index (χ0v) is 14.8. The van der Waals surface area contributed by atoms with Crippen molar-refractivity contribution in [3.63, 3.8) is 0 Å². The highest BCUT2D eigenvalue weighted by Crippen LogP contribution is 2.11. The van der Waals surface area contributed by atoms with E-state index in [9.17, 15) is 4.79 Å². The van der Waals surface area contributed by atoms with Crippen LogP contribution in [0.15, 0.2) is 29.2 Å². The summed E-state index contributed by atoms with van der Waals surface area (Å²) in [6, 6.07) is 7.37. The number of carbonyl (C=O) groups excluding carboxylic acids is 1. The van der Waals surface area contributed by atoms with Crippen molar-refractivity contribution in [3.8, 4) is 0 Å². The van der Waals surface area contributed by atoms with E-state index in [0.29, 0.717) is 5.56 Å². The zero-order chi connectivity index (χ0) is 16.0. The highest BCUT2D eigenvalue weighted by atomic mass is 32.1. The molecule has 1 aromatic rings. The Morgan fingerprint density at radius 1 is 0.955 bits per heavy atom. The Bertz CT molecular complexity index is 420. The first-order valence-electron chi connectivity index (χ1n) is 8.81. The van der Waals surface area contributed by atoms with Crippen LogP contribution in [0, 0.1) is 0 Å². The predicted octanol–water partition coefficient (Wildman–Crippen LogP) is 5.63. The lowest BCUT2D eigenvalue weighted by Gasteiger charge is -2.06. The van der Waals surface area contributed by atoms with Crippen LogP contribution >= 0.6 is 12.6 Å². The molecule has 0 radical (unpaired) electrons. The van der Waals surface area contributed by atoms with Gasteiger partial charge in [0.2, 0.25) is 0 Å². The van der Waals surface area contributed by atoms with Crippen LogP contribution in [0.25, 0.3) is 0 Å². The van der Waals surface area contributed by atoms with E-state index in [4.69, 9.17) is 0 Å². The van der Waals surface area contributed by atoms with Gasteiger partial charge in [0.05, 0.1) is 0 Å². The highest BCUT2D eigenvalue weighted by molar-refractivity contribution is 7.80. The fraction of sp³-hybridized carbons (Fsp3) is 0.632. The number of unbranched alkanes of at least 4 members (excludes halogenated alkanes) is 9. The molecule has 124 valence electrons. The summed E-state index contributed by atoms with van der Waals surface area (Å²) < 4.78 is 0. The molecule has 3 heteroatoms. The standard InChI is InChI=1S/C19H31NOS/c1-2-3-4-5-6-7-8-9-10-11-15-20-19(21)17-13-12-14-18(22)16-17/h12-14,16,22H,2-11,15H2,1H3,(H,20,21). The summed E-state index contributed by atoms with van der Waals surface area (Å²) in [5.41, 5.74) is 0.694. The van der Waals surface area contributed by atoms with Gasteiger partial charge in [0.1, 0.15) is 0 Å². The first-order chi connectivity index (χ1) is 10.7. The summed E-state index contributed by atoms with van der Waals surface area (Å²) in [7, 11) is 0. The molecule has 0 aliphatic rings. The molecule has 0 aliphatic carbocycles. The summed E-state index contributed by atoms with van der Waals surface area (Å²) in [6.45, 7) is 3.03. The first-order valence-corrected chi connectivity index (χ1v) is 9.26. The number of nitrogens with one attached hydrogen (secondary N) is 1. The van der Waals surface area contributed by atoms with Gasteiger partial charge in [0.25, 0.3) is 5.91 Å². The van der Waals surface area contributed by atoms with Crippen LogP contribution in [0.5, 0.6) is 0 Å². The van der Waals surface area contributed by atoms with E-state index in [1.165, 1.54) is 57.8 Å². The van der Waals surface area contributed by atoms with Crippen molar-refractivity contribution in [2.24, 2.45) is 0 Å². The molecule has 2 nitrogen and oxygen atoms in total. The number of benzene rings is 1. The molecule has 0 saturated heterocycles. The molecule has 0 aromatic heterocycles. The minimum Gasteiger partial charge on any atom is -0.352 e. The van der Waals surface area contributed by atoms with Crippen molar-refractivity contribution in [2.45, 2.75) is 76.0 Å². The number of amides is 1. The molecule has 0 saturated carbocycles. The van der Waals surface area contributed by atoms with Crippen LogP contribution in [0.4, 0.5) is 0 Å². The van der Waals surface area contributed by atoms with Crippen LogP contribution in [0.1, 0.15) is 81.5 Å². The Balaban J connectivity index is 1.94. The zero-order valence-electron chi connectivity index (χ0n) is 13.9. The molecule has 1 amide bonds. The average Bonchev–Trinajstić information content (AvgIpc) is 2.52. The summed E-state index contributed by atoms with van der Waals surface area (Å²) in [6.07, 6.45) is 13.2. The third kappa shape index (κ3) is 9.14. The van der Waals surface area contributed by atoms with Gasteiger partial charge in [-0.25, -0.2) is 0 Å². The second kappa shape index (κ2) is 12.6. The lowest BCUT2D eigenvalue weighted by atomic mass is 10.1. The second-order valence-corrected chi connectivity index (χ2v) is 6.50. The predicted molar refractivity (Wildman–Crippen MR) is 97.9 cm³/mol. The molecule has 0 heterocycles. The lowest BCUT2D eigenvalue weighted by molar-refractivity contribution is 0.0952. The van der Waals surface area contributed by atoms with Gasteiger partial charge in [-0.05, 0) is 24.6 Å². The Hall–Kier alpha value is -0.960. The molecule has 22 heavy (non-hydrogen) atoms. The number of thiol groups is 1. The fourth-order valence-electron chi connectivity index (χ4n) is 2.56. The Kier molecular flexibility index (Phi) is 10.9. The third-order valence-electron chi connectivity index (χ3n) is 3.92. The maximum Gasteiger partial charge on any atom is 0.251 e. The van der Waals surface area contributed by atoms with Crippen LogP contribution in [0.3, 0.4) is 0 Å². The smallest absolute Gasteiger partial charge is 0.251 e. The van der Waals surface area contributed by atoms with Crippen molar-refractivity contribution in [2.75, 3.05) is 6.54 Å².